The van der Waals surface area contributed by atoms with Gasteiger partial charge in [-0.25, -0.2) is 17.2 Å². The molecule has 2 aromatic carbocycles. The van der Waals surface area contributed by atoms with Gasteiger partial charge in [0.05, 0.1) is 10.6 Å². The average Bonchev–Trinajstić information content (AvgIpc) is 2.42. The molecule has 0 amide bonds. The van der Waals surface area contributed by atoms with Crippen molar-refractivity contribution < 1.29 is 22.1 Å². The Morgan fingerprint density at radius 3 is 2.33 bits per heavy atom. The maximum atomic E-state index is 13.0. The summed E-state index contributed by atoms with van der Waals surface area (Å²) >= 11 is 0. The molecule has 0 aliphatic carbocycles. The number of nitro groups is 1. The molecule has 6 nitrogen and oxygen atoms in total. The lowest BCUT2D eigenvalue weighted by atomic mass is 10.3. The second-order valence-electron chi connectivity index (χ2n) is 3.96. The summed E-state index contributed by atoms with van der Waals surface area (Å²) in [4.78, 5) is 9.41. The Morgan fingerprint density at radius 1 is 1.05 bits per heavy atom. The van der Waals surface area contributed by atoms with Crippen LogP contribution >= 0.6 is 0 Å². The Bertz CT molecular complexity index is 809. The minimum atomic E-state index is -4.30. The molecule has 2 rings (SSSR count). The van der Waals surface area contributed by atoms with Crippen molar-refractivity contribution in [2.24, 2.45) is 0 Å². The van der Waals surface area contributed by atoms with Gasteiger partial charge in [0.15, 0.2) is 16.5 Å². The number of nitrogens with one attached hydrogen (secondary N) is 1. The highest BCUT2D eigenvalue weighted by atomic mass is 32.2. The lowest BCUT2D eigenvalue weighted by molar-refractivity contribution is -0.387. The van der Waals surface area contributed by atoms with Crippen LogP contribution in [0.3, 0.4) is 0 Å². The quantitative estimate of drug-likeness (QED) is 0.694. The largest absolute Gasteiger partial charge is 0.289 e. The van der Waals surface area contributed by atoms with Gasteiger partial charge >= 0.3 is 0 Å². The van der Waals surface area contributed by atoms with Crippen LogP contribution in [0.25, 0.3) is 0 Å². The molecule has 21 heavy (non-hydrogen) atoms. The van der Waals surface area contributed by atoms with E-state index in [4.69, 9.17) is 0 Å². The summed E-state index contributed by atoms with van der Waals surface area (Å²) in [6.07, 6.45) is 0. The highest BCUT2D eigenvalue weighted by Gasteiger charge is 2.25. The summed E-state index contributed by atoms with van der Waals surface area (Å²) in [6.45, 7) is 0. The molecule has 2 aromatic rings. The Labute approximate surface area is 118 Å². The van der Waals surface area contributed by atoms with Crippen molar-refractivity contribution in [2.45, 2.75) is 4.90 Å². The van der Waals surface area contributed by atoms with Crippen LogP contribution in [0.2, 0.25) is 0 Å². The summed E-state index contributed by atoms with van der Waals surface area (Å²) in [7, 11) is -4.30. The fourth-order valence-corrected chi connectivity index (χ4v) is 2.83. The summed E-state index contributed by atoms with van der Waals surface area (Å²) < 4.78 is 52.0. The van der Waals surface area contributed by atoms with Crippen molar-refractivity contribution in [1.82, 2.24) is 0 Å². The number of nitrogens with zero attached hydrogens (tertiary/aromatic N) is 1. The van der Waals surface area contributed by atoms with Crippen LogP contribution in [-0.2, 0) is 10.0 Å². The number of hydrogen-bond donors (Lipinski definition) is 1. The molecule has 110 valence electrons. The van der Waals surface area contributed by atoms with Gasteiger partial charge in [-0.2, -0.15) is 0 Å². The monoisotopic (exact) mass is 314 g/mol. The molecular formula is C12H8F2N2O4S. The van der Waals surface area contributed by atoms with Crippen molar-refractivity contribution in [3.63, 3.8) is 0 Å². The first kappa shape index (κ1) is 14.9. The van der Waals surface area contributed by atoms with Gasteiger partial charge < -0.3 is 0 Å². The maximum Gasteiger partial charge on any atom is 0.289 e. The van der Waals surface area contributed by atoms with Crippen molar-refractivity contribution >= 4 is 21.4 Å². The number of benzene rings is 2. The van der Waals surface area contributed by atoms with Crippen LogP contribution in [0.4, 0.5) is 20.2 Å². The lowest BCUT2D eigenvalue weighted by Crippen LogP contribution is -2.14. The fourth-order valence-electron chi connectivity index (χ4n) is 1.60. The number of nitro benzene ring substituents is 1. The first-order chi connectivity index (χ1) is 9.81. The first-order valence-corrected chi connectivity index (χ1v) is 7.01. The third-order valence-corrected chi connectivity index (χ3v) is 3.95. The minimum absolute atomic E-state index is 0.243. The molecule has 0 spiro atoms. The van der Waals surface area contributed by atoms with E-state index in [1.165, 1.54) is 12.1 Å². The summed E-state index contributed by atoms with van der Waals surface area (Å²) in [5.41, 5.74) is -0.861. The molecule has 1 N–H and O–H groups in total. The zero-order valence-corrected chi connectivity index (χ0v) is 11.1. The number of hydrogen-bond acceptors (Lipinski definition) is 4. The van der Waals surface area contributed by atoms with E-state index >= 15 is 0 Å². The topological polar surface area (TPSA) is 89.3 Å². The Morgan fingerprint density at radius 2 is 1.71 bits per heavy atom. The first-order valence-electron chi connectivity index (χ1n) is 5.52. The predicted octanol–water partition coefficient (Wildman–Crippen LogP) is 2.67. The number of halogens is 2. The molecule has 0 aromatic heterocycles. The molecule has 0 heterocycles. The van der Waals surface area contributed by atoms with E-state index in [0.29, 0.717) is 6.07 Å². The van der Waals surface area contributed by atoms with Gasteiger partial charge in [-0.15, -0.1) is 0 Å². The van der Waals surface area contributed by atoms with Crippen molar-refractivity contribution in [1.29, 1.82) is 0 Å². The van der Waals surface area contributed by atoms with Gasteiger partial charge in [0, 0.05) is 12.1 Å². The van der Waals surface area contributed by atoms with E-state index in [0.717, 1.165) is 24.3 Å². The molecular weight excluding hydrogens is 306 g/mol. The van der Waals surface area contributed by atoms with Gasteiger partial charge in [-0.05, 0) is 18.2 Å². The molecule has 0 aliphatic rings. The van der Waals surface area contributed by atoms with Crippen molar-refractivity contribution in [3.05, 3.63) is 64.2 Å². The smallest absolute Gasteiger partial charge is 0.279 e. The second kappa shape index (κ2) is 5.44. The number of sulfonamides is 1. The van der Waals surface area contributed by atoms with Crippen LogP contribution in [0, 0.1) is 21.7 Å². The van der Waals surface area contributed by atoms with Gasteiger partial charge in [0.1, 0.15) is 0 Å². The summed E-state index contributed by atoms with van der Waals surface area (Å²) in [6, 6.07) is 7.08. The highest BCUT2D eigenvalue weighted by Crippen LogP contribution is 2.25. The van der Waals surface area contributed by atoms with Crippen LogP contribution in [0.1, 0.15) is 0 Å². The lowest BCUT2D eigenvalue weighted by Gasteiger charge is -2.08. The van der Waals surface area contributed by atoms with Crippen molar-refractivity contribution in [3.8, 4) is 0 Å². The zero-order chi connectivity index (χ0) is 15.6. The average molecular weight is 314 g/mol. The van der Waals surface area contributed by atoms with E-state index < -0.39 is 37.2 Å². The standard InChI is InChI=1S/C12H8F2N2O4S/c13-9-6-5-8(7-10(9)14)15-21(19,20)12-4-2-1-3-11(12)16(17)18/h1-7,15H. The molecule has 0 saturated heterocycles. The molecule has 0 atom stereocenters. The third kappa shape index (κ3) is 3.14. The van der Waals surface area contributed by atoms with Gasteiger partial charge in [-0.1, -0.05) is 12.1 Å². The molecule has 0 aliphatic heterocycles. The van der Waals surface area contributed by atoms with E-state index in [1.54, 1.807) is 0 Å². The Kier molecular flexibility index (Phi) is 3.85. The molecule has 0 radical (unpaired) electrons. The molecule has 9 heteroatoms. The van der Waals surface area contributed by atoms with E-state index in [2.05, 4.69) is 0 Å². The van der Waals surface area contributed by atoms with E-state index in [1.807, 2.05) is 4.72 Å². The Hall–Kier alpha value is -2.55. The van der Waals surface area contributed by atoms with Gasteiger partial charge in [0.25, 0.3) is 15.7 Å². The SMILES string of the molecule is O=[N+]([O-])c1ccccc1S(=O)(=O)Nc1ccc(F)c(F)c1. The highest BCUT2D eigenvalue weighted by molar-refractivity contribution is 7.92. The minimum Gasteiger partial charge on any atom is -0.279 e. The molecule has 0 unspecified atom stereocenters. The zero-order valence-electron chi connectivity index (χ0n) is 10.3. The van der Waals surface area contributed by atoms with E-state index in [-0.39, 0.29) is 5.69 Å². The summed E-state index contributed by atoms with van der Waals surface area (Å²) in [5, 5.41) is 10.8. The third-order valence-electron chi connectivity index (χ3n) is 2.52. The molecule has 0 saturated carbocycles. The Balaban J connectivity index is 2.43. The number of anilines is 1. The second-order valence-corrected chi connectivity index (χ2v) is 5.61. The van der Waals surface area contributed by atoms with Crippen molar-refractivity contribution in [2.75, 3.05) is 4.72 Å². The molecule has 0 fully saturated rings. The number of para-hydroxylation sites is 1. The van der Waals surface area contributed by atoms with Crippen LogP contribution in [0.5, 0.6) is 0 Å². The number of rotatable bonds is 4. The molecule has 0 bridgehead atoms. The normalized spacial score (nSPS) is 11.1. The fraction of sp³-hybridized carbons (Fsp3) is 0. The summed E-state index contributed by atoms with van der Waals surface area (Å²) in [5.74, 6) is -2.37. The van der Waals surface area contributed by atoms with Crippen LogP contribution in [-0.4, -0.2) is 13.3 Å². The van der Waals surface area contributed by atoms with Crippen LogP contribution in [0.15, 0.2) is 47.4 Å². The maximum absolute atomic E-state index is 13.0. The van der Waals surface area contributed by atoms with Gasteiger partial charge in [-0.3, -0.25) is 14.8 Å². The van der Waals surface area contributed by atoms with E-state index in [9.17, 15) is 27.3 Å². The van der Waals surface area contributed by atoms with Gasteiger partial charge in [0.2, 0.25) is 0 Å². The predicted molar refractivity (Wildman–Crippen MR) is 70.3 cm³/mol. The van der Waals surface area contributed by atoms with Crippen LogP contribution < -0.4 is 4.72 Å².